The van der Waals surface area contributed by atoms with Crippen LogP contribution < -0.4 is 20.8 Å². The van der Waals surface area contributed by atoms with Crippen molar-refractivity contribution in [1.82, 2.24) is 25.4 Å². The number of aryl methyl sites for hydroxylation is 1. The third kappa shape index (κ3) is 8.16. The van der Waals surface area contributed by atoms with E-state index in [9.17, 15) is 19.6 Å². The average Bonchev–Trinajstić information content (AvgIpc) is 3.38. The number of amides is 2. The topological polar surface area (TPSA) is 151 Å². The van der Waals surface area contributed by atoms with E-state index in [1.807, 2.05) is 66.1 Å². The summed E-state index contributed by atoms with van der Waals surface area (Å²) in [5.41, 5.74) is 6.34. The number of aromatic nitrogens is 3. The molecular weight excluding hydrogens is 631 g/mol. The number of halogens is 1. The van der Waals surface area contributed by atoms with E-state index < -0.39 is 7.12 Å². The zero-order chi connectivity index (χ0) is 34.2. The van der Waals surface area contributed by atoms with Gasteiger partial charge in [-0.15, -0.1) is 10.2 Å². The van der Waals surface area contributed by atoms with Crippen LogP contribution in [0.3, 0.4) is 0 Å². The van der Waals surface area contributed by atoms with Crippen LogP contribution in [0, 0.1) is 6.92 Å². The van der Waals surface area contributed by atoms with Crippen molar-refractivity contribution >= 4 is 41.7 Å². The molecular formula is C35H34BClN6O5. The van der Waals surface area contributed by atoms with E-state index in [-0.39, 0.29) is 11.8 Å². The summed E-state index contributed by atoms with van der Waals surface area (Å²) in [6.45, 7) is 4.54. The molecule has 1 aliphatic rings. The van der Waals surface area contributed by atoms with Gasteiger partial charge in [0.25, 0.3) is 5.91 Å². The van der Waals surface area contributed by atoms with Gasteiger partial charge in [0.05, 0.1) is 18.5 Å². The highest BCUT2D eigenvalue weighted by Gasteiger charge is 2.22. The number of nitrogens with zero attached hydrogens (tertiary/aromatic N) is 4. The van der Waals surface area contributed by atoms with Crippen LogP contribution in [0.5, 0.6) is 5.75 Å². The molecule has 0 spiro atoms. The molecule has 0 saturated carbocycles. The highest BCUT2D eigenvalue weighted by atomic mass is 35.5. The Morgan fingerprint density at radius 3 is 2.31 bits per heavy atom. The molecule has 2 amide bonds. The lowest BCUT2D eigenvalue weighted by atomic mass is 9.79. The molecule has 0 bridgehead atoms. The highest BCUT2D eigenvalue weighted by molar-refractivity contribution is 6.58. The normalized spacial score (nSPS) is 11.5. The molecule has 2 heterocycles. The lowest BCUT2D eigenvalue weighted by Crippen LogP contribution is -2.33. The molecule has 4 aromatic carbocycles. The van der Waals surface area contributed by atoms with Crippen molar-refractivity contribution < 1.29 is 24.4 Å². The highest BCUT2D eigenvalue weighted by Crippen LogP contribution is 2.29. The van der Waals surface area contributed by atoms with Crippen molar-refractivity contribution in [3.05, 3.63) is 124 Å². The van der Waals surface area contributed by atoms with Crippen LogP contribution in [-0.4, -0.2) is 69.7 Å². The minimum atomic E-state index is -1.54. The standard InChI is InChI=1S/C18H15ClN4O.C17H19BN2O4/c1-11-21-22-17-10-20-18(12-3-5-13(19)6-4-12)15-9-14(24-2)7-8-16(15)23(11)17;1-12(21)19-8-9-20-17(22)15-6-2-4-13(10-15)14-5-3-7-16(11-14)18(23)24/h3-9H,10H2,1-2H3;2-7,10-11,23-24H,8-9H2,1H3,(H,19,21)(H,20,22). The predicted octanol–water partition coefficient (Wildman–Crippen LogP) is 3.49. The van der Waals surface area contributed by atoms with Crippen LogP contribution in [0.2, 0.25) is 5.02 Å². The van der Waals surface area contributed by atoms with Crippen molar-refractivity contribution in [3.63, 3.8) is 0 Å². The molecule has 0 fully saturated rings. The van der Waals surface area contributed by atoms with Crippen molar-refractivity contribution in [3.8, 4) is 22.6 Å². The Hall–Kier alpha value is -5.30. The number of ether oxygens (including phenoxy) is 1. The van der Waals surface area contributed by atoms with Gasteiger partial charge >= 0.3 is 7.12 Å². The Morgan fingerprint density at radius 2 is 1.60 bits per heavy atom. The van der Waals surface area contributed by atoms with E-state index in [1.54, 1.807) is 43.5 Å². The van der Waals surface area contributed by atoms with Gasteiger partial charge in [0.15, 0.2) is 5.82 Å². The van der Waals surface area contributed by atoms with Crippen LogP contribution in [0.4, 0.5) is 0 Å². The lowest BCUT2D eigenvalue weighted by Gasteiger charge is -2.14. The van der Waals surface area contributed by atoms with Crippen molar-refractivity contribution in [2.24, 2.45) is 4.99 Å². The van der Waals surface area contributed by atoms with E-state index >= 15 is 0 Å². The summed E-state index contributed by atoms with van der Waals surface area (Å²) in [5, 5.41) is 33.0. The molecule has 5 aromatic rings. The van der Waals surface area contributed by atoms with Gasteiger partial charge < -0.3 is 25.4 Å². The molecule has 48 heavy (non-hydrogen) atoms. The monoisotopic (exact) mass is 664 g/mol. The van der Waals surface area contributed by atoms with E-state index in [4.69, 9.17) is 21.3 Å². The molecule has 0 unspecified atom stereocenters. The minimum Gasteiger partial charge on any atom is -0.497 e. The average molecular weight is 665 g/mol. The molecule has 4 N–H and O–H groups in total. The Labute approximate surface area is 283 Å². The number of hydrogen-bond acceptors (Lipinski definition) is 8. The SMILES string of the molecule is CC(=O)NCCNC(=O)c1cccc(-c2cccc(B(O)O)c2)c1.COc1ccc2c(c1)C(c1ccc(Cl)cc1)=NCc1nnc(C)n1-2. The van der Waals surface area contributed by atoms with Gasteiger partial charge in [-0.25, -0.2) is 0 Å². The number of aliphatic imine (C=N–C) groups is 1. The lowest BCUT2D eigenvalue weighted by molar-refractivity contribution is -0.118. The first kappa shape index (κ1) is 34.1. The van der Waals surface area contributed by atoms with Crippen molar-refractivity contribution in [2.45, 2.75) is 20.4 Å². The molecule has 11 nitrogen and oxygen atoms in total. The molecule has 13 heteroatoms. The smallest absolute Gasteiger partial charge is 0.488 e. The van der Waals surface area contributed by atoms with Gasteiger partial charge in [0, 0.05) is 41.7 Å². The summed E-state index contributed by atoms with van der Waals surface area (Å²) in [6.07, 6.45) is 0. The second-order valence-corrected chi connectivity index (χ2v) is 11.3. The van der Waals surface area contributed by atoms with Gasteiger partial charge in [-0.05, 0) is 66.0 Å². The maximum atomic E-state index is 12.1. The Bertz CT molecular complexity index is 1960. The Balaban J connectivity index is 0.000000188. The molecule has 0 atom stereocenters. The maximum Gasteiger partial charge on any atom is 0.488 e. The fourth-order valence-electron chi connectivity index (χ4n) is 5.17. The van der Waals surface area contributed by atoms with Crippen LogP contribution in [0.1, 0.15) is 40.1 Å². The summed E-state index contributed by atoms with van der Waals surface area (Å²) >= 11 is 6.02. The van der Waals surface area contributed by atoms with E-state index in [0.29, 0.717) is 35.7 Å². The summed E-state index contributed by atoms with van der Waals surface area (Å²) in [5.74, 6) is 2.06. The van der Waals surface area contributed by atoms with Crippen LogP contribution in [-0.2, 0) is 11.3 Å². The molecule has 0 radical (unpaired) electrons. The summed E-state index contributed by atoms with van der Waals surface area (Å²) in [7, 11) is 0.123. The van der Waals surface area contributed by atoms with Gasteiger partial charge in [-0.1, -0.05) is 60.1 Å². The van der Waals surface area contributed by atoms with E-state index in [2.05, 4.69) is 20.8 Å². The number of methoxy groups -OCH3 is 1. The van der Waals surface area contributed by atoms with Crippen molar-refractivity contribution in [2.75, 3.05) is 20.2 Å². The Kier molecular flexibility index (Phi) is 11.0. The van der Waals surface area contributed by atoms with Crippen LogP contribution in [0.25, 0.3) is 16.8 Å². The fourth-order valence-corrected chi connectivity index (χ4v) is 5.30. The second-order valence-electron chi connectivity index (χ2n) is 10.9. The molecule has 6 rings (SSSR count). The number of hydrogen-bond donors (Lipinski definition) is 4. The second kappa shape index (κ2) is 15.5. The number of carbonyl (C=O) groups excluding carboxylic acids is 2. The van der Waals surface area contributed by atoms with E-state index in [0.717, 1.165) is 51.1 Å². The predicted molar refractivity (Wildman–Crippen MR) is 186 cm³/mol. The van der Waals surface area contributed by atoms with Gasteiger partial charge in [-0.3, -0.25) is 19.1 Å². The number of carbonyl (C=O) groups is 2. The number of fused-ring (bicyclic) bond motifs is 3. The largest absolute Gasteiger partial charge is 0.497 e. The van der Waals surface area contributed by atoms with E-state index in [1.165, 1.54) is 6.92 Å². The Morgan fingerprint density at radius 1 is 0.896 bits per heavy atom. The minimum absolute atomic E-state index is 0.141. The van der Waals surface area contributed by atoms with Gasteiger partial charge in [0.2, 0.25) is 5.91 Å². The quantitative estimate of drug-likeness (QED) is 0.147. The molecule has 0 saturated heterocycles. The first-order valence-electron chi connectivity index (χ1n) is 15.1. The number of rotatable bonds is 8. The van der Waals surface area contributed by atoms with Crippen LogP contribution >= 0.6 is 11.6 Å². The zero-order valence-electron chi connectivity index (χ0n) is 26.6. The number of nitrogens with one attached hydrogen (secondary N) is 2. The summed E-state index contributed by atoms with van der Waals surface area (Å²) in [6, 6.07) is 27.5. The zero-order valence-corrected chi connectivity index (χ0v) is 27.4. The summed E-state index contributed by atoms with van der Waals surface area (Å²) < 4.78 is 7.45. The van der Waals surface area contributed by atoms with Gasteiger partial charge in [-0.2, -0.15) is 0 Å². The fraction of sp³-hybridized carbons (Fsp3) is 0.171. The molecule has 244 valence electrons. The molecule has 0 aliphatic carbocycles. The number of benzene rings is 4. The maximum absolute atomic E-state index is 12.1. The molecule has 1 aliphatic heterocycles. The van der Waals surface area contributed by atoms with Crippen LogP contribution in [0.15, 0.2) is 96.0 Å². The third-order valence-corrected chi connectivity index (χ3v) is 7.77. The van der Waals surface area contributed by atoms with Gasteiger partial charge in [0.1, 0.15) is 18.1 Å². The molecule has 1 aromatic heterocycles. The summed E-state index contributed by atoms with van der Waals surface area (Å²) in [4.78, 5) is 27.7. The first-order valence-corrected chi connectivity index (χ1v) is 15.5. The third-order valence-electron chi connectivity index (χ3n) is 7.52. The first-order chi connectivity index (χ1) is 23.1. The van der Waals surface area contributed by atoms with Crippen molar-refractivity contribution in [1.29, 1.82) is 0 Å².